The zero-order valence-electron chi connectivity index (χ0n) is 14.0. The molecule has 8 heteroatoms. The Labute approximate surface area is 143 Å². The Balaban J connectivity index is 1.95. The summed E-state index contributed by atoms with van der Waals surface area (Å²) in [6.07, 6.45) is 8.45. The van der Waals surface area contributed by atoms with Crippen molar-refractivity contribution in [1.82, 2.24) is 14.6 Å². The third-order valence-corrected chi connectivity index (χ3v) is 6.31. The number of pyridine rings is 1. The molecule has 24 heavy (non-hydrogen) atoms. The molecule has 0 spiro atoms. The summed E-state index contributed by atoms with van der Waals surface area (Å²) in [5.74, 6) is 0.0546. The van der Waals surface area contributed by atoms with E-state index in [0.29, 0.717) is 12.5 Å². The number of carbonyl (C=O) groups is 1. The molecule has 134 valence electrons. The predicted octanol–water partition coefficient (Wildman–Crippen LogP) is 0.726. The first-order valence-electron chi connectivity index (χ1n) is 8.31. The highest BCUT2D eigenvalue weighted by atomic mass is 32.2. The van der Waals surface area contributed by atoms with E-state index in [9.17, 15) is 13.2 Å². The molecule has 3 N–H and O–H groups in total. The minimum Gasteiger partial charge on any atom is -0.351 e. The fourth-order valence-electron chi connectivity index (χ4n) is 3.13. The molecule has 1 unspecified atom stereocenters. The Morgan fingerprint density at radius 2 is 2.12 bits per heavy atom. The maximum atomic E-state index is 12.4. The molecule has 0 aromatic carbocycles. The first-order valence-corrected chi connectivity index (χ1v) is 9.75. The molecule has 1 amide bonds. The lowest BCUT2D eigenvalue weighted by atomic mass is 9.84. The van der Waals surface area contributed by atoms with Crippen LogP contribution in [0, 0.1) is 5.92 Å². The molecule has 2 rings (SSSR count). The third kappa shape index (κ3) is 4.75. The lowest BCUT2D eigenvalue weighted by Crippen LogP contribution is -2.49. The van der Waals surface area contributed by atoms with E-state index in [0.717, 1.165) is 30.0 Å². The SMILES string of the molecule is CN(CC(=O)NC(CN)C1CCCCC1)S(=O)(=O)c1cccnc1. The van der Waals surface area contributed by atoms with Crippen molar-refractivity contribution in [3.8, 4) is 0 Å². The van der Waals surface area contributed by atoms with E-state index < -0.39 is 10.0 Å². The Bertz CT molecular complexity index is 630. The summed E-state index contributed by atoms with van der Waals surface area (Å²) in [6, 6.07) is 2.92. The van der Waals surface area contributed by atoms with E-state index in [1.165, 1.54) is 31.9 Å². The summed E-state index contributed by atoms with van der Waals surface area (Å²) >= 11 is 0. The summed E-state index contributed by atoms with van der Waals surface area (Å²) in [7, 11) is -2.33. The summed E-state index contributed by atoms with van der Waals surface area (Å²) < 4.78 is 25.8. The van der Waals surface area contributed by atoms with Gasteiger partial charge in [0.05, 0.1) is 6.54 Å². The smallest absolute Gasteiger partial charge is 0.244 e. The minimum absolute atomic E-state index is 0.0722. The Morgan fingerprint density at radius 3 is 2.71 bits per heavy atom. The molecule has 0 radical (unpaired) electrons. The van der Waals surface area contributed by atoms with Crippen molar-refractivity contribution in [3.63, 3.8) is 0 Å². The lowest BCUT2D eigenvalue weighted by Gasteiger charge is -2.30. The number of nitrogens with zero attached hydrogens (tertiary/aromatic N) is 2. The van der Waals surface area contributed by atoms with E-state index in [4.69, 9.17) is 5.73 Å². The number of amides is 1. The van der Waals surface area contributed by atoms with Crippen molar-refractivity contribution in [3.05, 3.63) is 24.5 Å². The second-order valence-electron chi connectivity index (χ2n) is 6.26. The van der Waals surface area contributed by atoms with Gasteiger partial charge < -0.3 is 11.1 Å². The minimum atomic E-state index is -3.72. The molecular formula is C16H26N4O3S. The summed E-state index contributed by atoms with van der Waals surface area (Å²) in [6.45, 7) is 0.135. The summed E-state index contributed by atoms with van der Waals surface area (Å²) in [5, 5.41) is 2.91. The summed E-state index contributed by atoms with van der Waals surface area (Å²) in [5.41, 5.74) is 5.80. The van der Waals surface area contributed by atoms with E-state index in [1.807, 2.05) is 0 Å². The van der Waals surface area contributed by atoms with Crippen molar-refractivity contribution in [2.45, 2.75) is 43.0 Å². The molecule has 0 saturated heterocycles. The molecule has 1 aromatic rings. The quantitative estimate of drug-likeness (QED) is 0.751. The van der Waals surface area contributed by atoms with Crippen LogP contribution in [0.5, 0.6) is 0 Å². The highest BCUT2D eigenvalue weighted by molar-refractivity contribution is 7.89. The second kappa shape index (κ2) is 8.55. The standard InChI is InChI=1S/C16H26N4O3S/c1-20(24(22,23)14-8-5-9-18-11-14)12-16(21)19-15(10-17)13-6-3-2-4-7-13/h5,8-9,11,13,15H,2-4,6-7,10,12,17H2,1H3,(H,19,21). The molecule has 0 aliphatic heterocycles. The van der Waals surface area contributed by atoms with Gasteiger partial charge in [0, 0.05) is 32.0 Å². The van der Waals surface area contributed by atoms with Crippen LogP contribution in [0.1, 0.15) is 32.1 Å². The maximum Gasteiger partial charge on any atom is 0.244 e. The van der Waals surface area contributed by atoms with Crippen molar-refractivity contribution < 1.29 is 13.2 Å². The van der Waals surface area contributed by atoms with Gasteiger partial charge in [0.25, 0.3) is 0 Å². The van der Waals surface area contributed by atoms with Crippen LogP contribution >= 0.6 is 0 Å². The Morgan fingerprint density at radius 1 is 1.42 bits per heavy atom. The van der Waals surface area contributed by atoms with Crippen LogP contribution < -0.4 is 11.1 Å². The molecule has 1 aromatic heterocycles. The normalized spacial score (nSPS) is 17.6. The topological polar surface area (TPSA) is 105 Å². The van der Waals surface area contributed by atoms with Crippen LogP contribution in [0.2, 0.25) is 0 Å². The predicted molar refractivity (Wildman–Crippen MR) is 91.6 cm³/mol. The highest BCUT2D eigenvalue weighted by Gasteiger charge is 2.27. The van der Waals surface area contributed by atoms with Crippen molar-refractivity contribution in [2.24, 2.45) is 11.7 Å². The molecule has 1 atom stereocenters. The van der Waals surface area contributed by atoms with Crippen molar-refractivity contribution in [2.75, 3.05) is 20.1 Å². The van der Waals surface area contributed by atoms with Crippen molar-refractivity contribution >= 4 is 15.9 Å². The van der Waals surface area contributed by atoms with Crippen LogP contribution in [0.25, 0.3) is 0 Å². The van der Waals surface area contributed by atoms with E-state index >= 15 is 0 Å². The third-order valence-electron chi connectivity index (χ3n) is 4.53. The van der Waals surface area contributed by atoms with Gasteiger partial charge in [0.15, 0.2) is 0 Å². The number of aromatic nitrogens is 1. The molecule has 1 aliphatic carbocycles. The van der Waals surface area contributed by atoms with Gasteiger partial charge in [-0.15, -0.1) is 0 Å². The number of hydrogen-bond donors (Lipinski definition) is 2. The maximum absolute atomic E-state index is 12.4. The first kappa shape index (κ1) is 18.8. The van der Waals surface area contributed by atoms with Crippen LogP contribution in [0.3, 0.4) is 0 Å². The number of nitrogens with one attached hydrogen (secondary N) is 1. The molecule has 1 fully saturated rings. The van der Waals surface area contributed by atoms with Crippen molar-refractivity contribution in [1.29, 1.82) is 0 Å². The fraction of sp³-hybridized carbons (Fsp3) is 0.625. The Kier molecular flexibility index (Phi) is 6.70. The average Bonchev–Trinajstić information content (AvgIpc) is 2.61. The lowest BCUT2D eigenvalue weighted by molar-refractivity contribution is -0.122. The number of hydrogen-bond acceptors (Lipinski definition) is 5. The zero-order valence-corrected chi connectivity index (χ0v) is 14.8. The average molecular weight is 354 g/mol. The zero-order chi connectivity index (χ0) is 17.6. The van der Waals surface area contributed by atoms with Crippen LogP contribution in [-0.2, 0) is 14.8 Å². The number of likely N-dealkylation sites (N-methyl/N-ethyl adjacent to an activating group) is 1. The first-order chi connectivity index (χ1) is 11.4. The Hall–Kier alpha value is -1.51. The molecular weight excluding hydrogens is 328 g/mol. The van der Waals surface area contributed by atoms with E-state index in [-0.39, 0.29) is 23.4 Å². The monoisotopic (exact) mass is 354 g/mol. The second-order valence-corrected chi connectivity index (χ2v) is 8.30. The summed E-state index contributed by atoms with van der Waals surface area (Å²) in [4.78, 5) is 16.1. The number of sulfonamides is 1. The van der Waals surface area contributed by atoms with Gasteiger partial charge >= 0.3 is 0 Å². The van der Waals surface area contributed by atoms with Crippen LogP contribution in [0.4, 0.5) is 0 Å². The number of rotatable bonds is 7. The molecule has 1 saturated carbocycles. The fourth-order valence-corrected chi connectivity index (χ4v) is 4.22. The van der Waals surface area contributed by atoms with E-state index in [1.54, 1.807) is 6.07 Å². The van der Waals surface area contributed by atoms with Gasteiger partial charge in [-0.25, -0.2) is 8.42 Å². The highest BCUT2D eigenvalue weighted by Crippen LogP contribution is 2.26. The van der Waals surface area contributed by atoms with Gasteiger partial charge in [0.2, 0.25) is 15.9 Å². The van der Waals surface area contributed by atoms with Crippen LogP contribution in [0.15, 0.2) is 29.4 Å². The van der Waals surface area contributed by atoms with Gasteiger partial charge in [-0.1, -0.05) is 19.3 Å². The van der Waals surface area contributed by atoms with E-state index in [2.05, 4.69) is 10.3 Å². The van der Waals surface area contributed by atoms with Gasteiger partial charge in [-0.3, -0.25) is 9.78 Å². The number of carbonyl (C=O) groups excluding carboxylic acids is 1. The largest absolute Gasteiger partial charge is 0.351 e. The molecule has 1 heterocycles. The number of nitrogens with two attached hydrogens (primary N) is 1. The molecule has 7 nitrogen and oxygen atoms in total. The van der Waals surface area contributed by atoms with Gasteiger partial charge in [-0.2, -0.15) is 4.31 Å². The van der Waals surface area contributed by atoms with Crippen LogP contribution in [-0.4, -0.2) is 49.8 Å². The van der Waals surface area contributed by atoms with Gasteiger partial charge in [-0.05, 0) is 30.9 Å². The molecule has 0 bridgehead atoms. The van der Waals surface area contributed by atoms with Gasteiger partial charge in [0.1, 0.15) is 4.90 Å². The molecule has 1 aliphatic rings.